The van der Waals surface area contributed by atoms with Gasteiger partial charge in [-0.3, -0.25) is 0 Å². The summed E-state index contributed by atoms with van der Waals surface area (Å²) in [5.74, 6) is 0.949. The second kappa shape index (κ2) is 8.60. The third kappa shape index (κ3) is 4.35. The highest BCUT2D eigenvalue weighted by Crippen LogP contribution is 2.28. The largest absolute Gasteiger partial charge is 0.496 e. The molecule has 1 N–H and O–H groups in total. The highest BCUT2D eigenvalue weighted by Gasteiger charge is 2.17. The van der Waals surface area contributed by atoms with E-state index in [-0.39, 0.29) is 6.04 Å². The van der Waals surface area contributed by atoms with Gasteiger partial charge in [0.2, 0.25) is 0 Å². The quantitative estimate of drug-likeness (QED) is 0.716. The van der Waals surface area contributed by atoms with Gasteiger partial charge in [0.15, 0.2) is 0 Å². The van der Waals surface area contributed by atoms with Gasteiger partial charge in [-0.2, -0.15) is 0 Å². The maximum absolute atomic E-state index is 5.49. The lowest BCUT2D eigenvalue weighted by Gasteiger charge is -2.25. The van der Waals surface area contributed by atoms with Crippen molar-refractivity contribution in [2.45, 2.75) is 45.2 Å². The summed E-state index contributed by atoms with van der Waals surface area (Å²) in [5.41, 5.74) is 2.57. The first-order chi connectivity index (χ1) is 10.8. The number of benzene rings is 2. The first-order valence-electron chi connectivity index (χ1n) is 8.20. The molecule has 2 rings (SSSR count). The van der Waals surface area contributed by atoms with Crippen LogP contribution in [0.2, 0.25) is 0 Å². The zero-order chi connectivity index (χ0) is 15.8. The molecule has 0 fully saturated rings. The van der Waals surface area contributed by atoms with Gasteiger partial charge in [0.05, 0.1) is 7.11 Å². The number of hydrogen-bond acceptors (Lipinski definition) is 2. The molecule has 2 atom stereocenters. The Hall–Kier alpha value is -1.80. The maximum Gasteiger partial charge on any atom is 0.123 e. The normalized spacial score (nSPS) is 13.6. The highest BCUT2D eigenvalue weighted by molar-refractivity contribution is 5.35. The molecule has 2 aromatic rings. The molecule has 0 radical (unpaired) electrons. The van der Waals surface area contributed by atoms with E-state index in [0.717, 1.165) is 12.2 Å². The molecule has 0 amide bonds. The zero-order valence-corrected chi connectivity index (χ0v) is 13.9. The van der Waals surface area contributed by atoms with Crippen molar-refractivity contribution in [2.24, 2.45) is 0 Å². The number of ether oxygens (including phenoxy) is 1. The van der Waals surface area contributed by atoms with E-state index in [0.29, 0.717) is 6.04 Å². The fraction of sp³-hybridized carbons (Fsp3) is 0.400. The van der Waals surface area contributed by atoms with Crippen LogP contribution >= 0.6 is 0 Å². The molecular formula is C20H27NO. The van der Waals surface area contributed by atoms with Crippen LogP contribution in [0, 0.1) is 0 Å². The molecule has 0 aliphatic heterocycles. The number of unbranched alkanes of at least 4 members (excludes halogenated alkanes) is 1. The Morgan fingerprint density at radius 1 is 1.00 bits per heavy atom. The van der Waals surface area contributed by atoms with Crippen molar-refractivity contribution in [2.75, 3.05) is 7.11 Å². The van der Waals surface area contributed by atoms with Crippen LogP contribution in [0.3, 0.4) is 0 Å². The Morgan fingerprint density at radius 2 is 1.68 bits per heavy atom. The van der Waals surface area contributed by atoms with Crippen LogP contribution in [-0.4, -0.2) is 7.11 Å². The Bertz CT molecular complexity index is 553. The predicted octanol–water partition coefficient (Wildman–Crippen LogP) is 5.28. The van der Waals surface area contributed by atoms with Crippen LogP contribution in [0.4, 0.5) is 0 Å². The van der Waals surface area contributed by atoms with Crippen molar-refractivity contribution in [3.8, 4) is 5.75 Å². The Morgan fingerprint density at radius 3 is 2.36 bits per heavy atom. The molecular weight excluding hydrogens is 270 g/mol. The Balaban J connectivity index is 2.15. The molecule has 2 nitrogen and oxygen atoms in total. The minimum atomic E-state index is 0.248. The van der Waals surface area contributed by atoms with Crippen LogP contribution in [0.25, 0.3) is 0 Å². The summed E-state index contributed by atoms with van der Waals surface area (Å²) in [7, 11) is 1.73. The number of hydrogen-bond donors (Lipinski definition) is 1. The van der Waals surface area contributed by atoms with Crippen molar-refractivity contribution >= 4 is 0 Å². The van der Waals surface area contributed by atoms with E-state index < -0.39 is 0 Å². The number of rotatable bonds is 8. The average Bonchev–Trinajstić information content (AvgIpc) is 2.59. The summed E-state index contributed by atoms with van der Waals surface area (Å²) in [6.07, 6.45) is 3.60. The Kier molecular flexibility index (Phi) is 6.47. The van der Waals surface area contributed by atoms with Gasteiger partial charge in [-0.15, -0.1) is 0 Å². The second-order valence-corrected chi connectivity index (χ2v) is 5.74. The molecule has 0 aliphatic rings. The molecule has 118 valence electrons. The van der Waals surface area contributed by atoms with E-state index in [1.165, 1.54) is 24.0 Å². The minimum absolute atomic E-state index is 0.248. The first-order valence-corrected chi connectivity index (χ1v) is 8.20. The van der Waals surface area contributed by atoms with Gasteiger partial charge in [-0.1, -0.05) is 68.3 Å². The zero-order valence-electron chi connectivity index (χ0n) is 13.9. The molecule has 0 spiro atoms. The standard InChI is InChI=1S/C20H27NO/c1-4-5-14-19(17-11-7-6-8-12-17)21-16(2)18-13-9-10-15-20(18)22-3/h6-13,15-16,19,21H,4-5,14H2,1-3H3/t16-,19-/m0/s1. The van der Waals surface area contributed by atoms with Gasteiger partial charge in [-0.25, -0.2) is 0 Å². The number of para-hydroxylation sites is 1. The molecule has 0 aromatic heterocycles. The summed E-state index contributed by atoms with van der Waals surface area (Å²) in [6.45, 7) is 4.45. The monoisotopic (exact) mass is 297 g/mol. The summed E-state index contributed by atoms with van der Waals surface area (Å²) in [6, 6.07) is 19.6. The molecule has 0 unspecified atom stereocenters. The van der Waals surface area contributed by atoms with Crippen molar-refractivity contribution in [1.82, 2.24) is 5.32 Å². The summed E-state index contributed by atoms with van der Waals surface area (Å²) in [4.78, 5) is 0. The third-order valence-corrected chi connectivity index (χ3v) is 4.10. The van der Waals surface area contributed by atoms with Crippen LogP contribution in [0.15, 0.2) is 54.6 Å². The van der Waals surface area contributed by atoms with Gasteiger partial charge in [-0.05, 0) is 25.0 Å². The highest BCUT2D eigenvalue weighted by atomic mass is 16.5. The molecule has 0 saturated carbocycles. The molecule has 0 bridgehead atoms. The SMILES string of the molecule is CCCC[C@H](N[C@@H](C)c1ccccc1OC)c1ccccc1. The van der Waals surface area contributed by atoms with Gasteiger partial charge in [0, 0.05) is 17.6 Å². The fourth-order valence-electron chi connectivity index (χ4n) is 2.86. The number of methoxy groups -OCH3 is 1. The lowest BCUT2D eigenvalue weighted by molar-refractivity contribution is 0.387. The van der Waals surface area contributed by atoms with Gasteiger partial charge < -0.3 is 10.1 Å². The van der Waals surface area contributed by atoms with E-state index in [1.54, 1.807) is 7.11 Å². The average molecular weight is 297 g/mol. The van der Waals surface area contributed by atoms with E-state index >= 15 is 0 Å². The van der Waals surface area contributed by atoms with Gasteiger partial charge in [0.1, 0.15) is 5.75 Å². The van der Waals surface area contributed by atoms with E-state index in [1.807, 2.05) is 12.1 Å². The minimum Gasteiger partial charge on any atom is -0.496 e. The molecule has 22 heavy (non-hydrogen) atoms. The molecule has 0 aliphatic carbocycles. The lowest BCUT2D eigenvalue weighted by Crippen LogP contribution is -2.25. The summed E-state index contributed by atoms with van der Waals surface area (Å²) < 4.78 is 5.49. The molecule has 2 aromatic carbocycles. The van der Waals surface area contributed by atoms with Crippen LogP contribution in [-0.2, 0) is 0 Å². The van der Waals surface area contributed by atoms with Crippen LogP contribution in [0.1, 0.15) is 56.3 Å². The van der Waals surface area contributed by atoms with Crippen molar-refractivity contribution in [3.63, 3.8) is 0 Å². The first kappa shape index (κ1) is 16.6. The predicted molar refractivity (Wildman–Crippen MR) is 93.3 cm³/mol. The molecule has 0 heterocycles. The van der Waals surface area contributed by atoms with Crippen LogP contribution < -0.4 is 10.1 Å². The van der Waals surface area contributed by atoms with Crippen molar-refractivity contribution < 1.29 is 4.74 Å². The fourth-order valence-corrected chi connectivity index (χ4v) is 2.86. The topological polar surface area (TPSA) is 21.3 Å². The summed E-state index contributed by atoms with van der Waals surface area (Å²) in [5, 5.41) is 3.78. The molecule has 0 saturated heterocycles. The van der Waals surface area contributed by atoms with E-state index in [2.05, 4.69) is 61.6 Å². The van der Waals surface area contributed by atoms with Gasteiger partial charge in [0.25, 0.3) is 0 Å². The second-order valence-electron chi connectivity index (χ2n) is 5.74. The lowest BCUT2D eigenvalue weighted by atomic mass is 9.98. The summed E-state index contributed by atoms with van der Waals surface area (Å²) >= 11 is 0. The number of nitrogens with one attached hydrogen (secondary N) is 1. The van der Waals surface area contributed by atoms with Crippen molar-refractivity contribution in [3.05, 3.63) is 65.7 Å². The van der Waals surface area contributed by atoms with Gasteiger partial charge >= 0.3 is 0 Å². The van der Waals surface area contributed by atoms with E-state index in [4.69, 9.17) is 4.74 Å². The Labute approximate surface area is 134 Å². The van der Waals surface area contributed by atoms with E-state index in [9.17, 15) is 0 Å². The van der Waals surface area contributed by atoms with Crippen LogP contribution in [0.5, 0.6) is 5.75 Å². The third-order valence-electron chi connectivity index (χ3n) is 4.10. The molecule has 2 heteroatoms. The maximum atomic E-state index is 5.49. The van der Waals surface area contributed by atoms with Crippen molar-refractivity contribution in [1.29, 1.82) is 0 Å². The smallest absolute Gasteiger partial charge is 0.123 e.